The van der Waals surface area contributed by atoms with Crippen LogP contribution in [0, 0.1) is 0 Å². The lowest BCUT2D eigenvalue weighted by molar-refractivity contribution is -0.357. The number of aliphatic carboxylic acids is 1. The highest BCUT2D eigenvalue weighted by Gasteiger charge is 2.53. The Bertz CT molecular complexity index is 755. The van der Waals surface area contributed by atoms with Crippen LogP contribution in [-0.2, 0) is 28.5 Å². The van der Waals surface area contributed by atoms with E-state index in [1.165, 1.54) is 13.8 Å². The summed E-state index contributed by atoms with van der Waals surface area (Å²) in [6, 6.07) is 0. The minimum atomic E-state index is -2.88. The van der Waals surface area contributed by atoms with Crippen molar-refractivity contribution >= 4 is 5.97 Å². The lowest BCUT2D eigenvalue weighted by atomic mass is 9.93. The third-order valence-electron chi connectivity index (χ3n) is 6.57. The molecule has 16 nitrogen and oxygen atoms in total. The molecule has 10 N–H and O–H groups in total. The second kappa shape index (κ2) is 11.3. The molecule has 3 rings (SSSR count). The molecule has 210 valence electrons. The molecule has 3 aliphatic rings. The summed E-state index contributed by atoms with van der Waals surface area (Å²) in [5, 5.41) is 101. The second-order valence-corrected chi connectivity index (χ2v) is 9.31. The topological polar surface area (TPSA) is 266 Å². The van der Waals surface area contributed by atoms with Crippen molar-refractivity contribution < 1.29 is 79.5 Å². The van der Waals surface area contributed by atoms with Crippen LogP contribution < -0.4 is 0 Å². The molecule has 3 saturated heterocycles. The molecular weight excluding hydrogens is 496 g/mol. The molecule has 0 aliphatic carbocycles. The van der Waals surface area contributed by atoms with E-state index in [1.54, 1.807) is 0 Å². The van der Waals surface area contributed by atoms with E-state index in [0.717, 1.165) is 0 Å². The van der Waals surface area contributed by atoms with Gasteiger partial charge in [-0.15, -0.1) is 0 Å². The van der Waals surface area contributed by atoms with Gasteiger partial charge in [-0.25, -0.2) is 4.79 Å². The number of hydrogen-bond acceptors (Lipinski definition) is 15. The summed E-state index contributed by atoms with van der Waals surface area (Å²) >= 11 is 0. The maximum absolute atomic E-state index is 11.3. The molecule has 0 spiro atoms. The van der Waals surface area contributed by atoms with Crippen LogP contribution in [0.2, 0.25) is 0 Å². The predicted octanol–water partition coefficient (Wildman–Crippen LogP) is -5.67. The normalized spacial score (nSPS) is 51.0. The van der Waals surface area contributed by atoms with E-state index >= 15 is 0 Å². The van der Waals surface area contributed by atoms with E-state index in [0.29, 0.717) is 0 Å². The number of ether oxygens (including phenoxy) is 5. The van der Waals surface area contributed by atoms with Crippen molar-refractivity contribution in [2.75, 3.05) is 6.61 Å². The number of carboxylic acids is 1. The number of rotatable bonds is 7. The van der Waals surface area contributed by atoms with Crippen LogP contribution >= 0.6 is 0 Å². The van der Waals surface area contributed by atoms with E-state index in [2.05, 4.69) is 0 Å². The van der Waals surface area contributed by atoms with Crippen LogP contribution in [0.3, 0.4) is 0 Å². The standard InChI is InChI=1S/C20H34O16/c1-5-9(23)12(26)13(27)18(34-5)35-16-10(24)6(2)33-17(14(16)28)32-4-8(22)15-11(25)7(21)3-20(31,36-15)19(29)30/h5-18,21-28,31H,3-4H2,1-2H3,(H,29,30)/t5-,6-,7+,8+,9-,10-,11+,12+,13+,14+,15+,16+,17+,18-,20+/m0/s1. The van der Waals surface area contributed by atoms with Gasteiger partial charge in [-0.05, 0) is 13.8 Å². The molecule has 0 radical (unpaired) electrons. The Morgan fingerprint density at radius 1 is 0.889 bits per heavy atom. The molecule has 0 aromatic rings. The van der Waals surface area contributed by atoms with Crippen molar-refractivity contribution in [2.24, 2.45) is 0 Å². The maximum Gasteiger partial charge on any atom is 0.364 e. The summed E-state index contributed by atoms with van der Waals surface area (Å²) in [7, 11) is 0. The van der Waals surface area contributed by atoms with Crippen molar-refractivity contribution in [3.05, 3.63) is 0 Å². The van der Waals surface area contributed by atoms with Crippen LogP contribution in [0.5, 0.6) is 0 Å². The van der Waals surface area contributed by atoms with Gasteiger partial charge in [-0.2, -0.15) is 0 Å². The molecule has 0 unspecified atom stereocenters. The summed E-state index contributed by atoms with van der Waals surface area (Å²) < 4.78 is 26.5. The van der Waals surface area contributed by atoms with Gasteiger partial charge in [0.2, 0.25) is 0 Å². The summed E-state index contributed by atoms with van der Waals surface area (Å²) in [6.45, 7) is 2.05. The molecular formula is C20H34O16. The zero-order valence-electron chi connectivity index (χ0n) is 19.4. The van der Waals surface area contributed by atoms with Crippen molar-refractivity contribution in [2.45, 2.75) is 112 Å². The number of carboxylic acid groups (broad SMARTS) is 1. The average molecular weight is 530 g/mol. The van der Waals surface area contributed by atoms with Gasteiger partial charge in [0.25, 0.3) is 5.79 Å². The zero-order valence-corrected chi connectivity index (χ0v) is 19.4. The fourth-order valence-corrected chi connectivity index (χ4v) is 4.27. The monoisotopic (exact) mass is 530 g/mol. The van der Waals surface area contributed by atoms with Gasteiger partial charge in [0.15, 0.2) is 12.6 Å². The Morgan fingerprint density at radius 3 is 2.08 bits per heavy atom. The van der Waals surface area contributed by atoms with Gasteiger partial charge < -0.3 is 74.7 Å². The number of hydrogen-bond donors (Lipinski definition) is 10. The smallest absolute Gasteiger partial charge is 0.364 e. The van der Waals surface area contributed by atoms with Gasteiger partial charge in [0, 0.05) is 6.42 Å². The predicted molar refractivity (Wildman–Crippen MR) is 110 cm³/mol. The Morgan fingerprint density at radius 2 is 1.47 bits per heavy atom. The van der Waals surface area contributed by atoms with Crippen LogP contribution in [0.25, 0.3) is 0 Å². The van der Waals surface area contributed by atoms with Gasteiger partial charge in [-0.1, -0.05) is 0 Å². The van der Waals surface area contributed by atoms with E-state index < -0.39 is 111 Å². The van der Waals surface area contributed by atoms with E-state index in [-0.39, 0.29) is 0 Å². The Kier molecular flexibility index (Phi) is 9.28. The highest BCUT2D eigenvalue weighted by atomic mass is 16.7. The number of aliphatic hydroxyl groups is 9. The molecule has 3 fully saturated rings. The summed E-state index contributed by atoms with van der Waals surface area (Å²) in [5.41, 5.74) is 0. The van der Waals surface area contributed by atoms with Crippen molar-refractivity contribution in [1.29, 1.82) is 0 Å². The first-order valence-electron chi connectivity index (χ1n) is 11.3. The first-order valence-corrected chi connectivity index (χ1v) is 11.3. The third-order valence-corrected chi connectivity index (χ3v) is 6.57. The molecule has 3 heterocycles. The molecule has 0 aromatic heterocycles. The SMILES string of the molecule is C[C@@H]1O[C@@H](O[C@@H]2[C@@H](O)[C@H](C)O[C@@H](OC[C@@H](O)[C@H]3O[C@@](O)(C(=O)O)C[C@@H](O)[C@H]3O)[C@@H]2O)[C@H](O)[C@H](O)[C@H]1O. The van der Waals surface area contributed by atoms with Gasteiger partial charge in [0.1, 0.15) is 54.9 Å². The molecule has 16 heteroatoms. The first kappa shape index (κ1) is 29.5. The quantitative estimate of drug-likeness (QED) is 0.147. The summed E-state index contributed by atoms with van der Waals surface area (Å²) in [4.78, 5) is 11.3. The molecule has 0 aromatic carbocycles. The molecule has 36 heavy (non-hydrogen) atoms. The number of aliphatic hydroxyl groups excluding tert-OH is 8. The maximum atomic E-state index is 11.3. The average Bonchev–Trinajstić information content (AvgIpc) is 2.81. The van der Waals surface area contributed by atoms with E-state index in [1.807, 2.05) is 0 Å². The highest BCUT2D eigenvalue weighted by Crippen LogP contribution is 2.32. The van der Waals surface area contributed by atoms with E-state index in [4.69, 9.17) is 28.8 Å². The summed E-state index contributed by atoms with van der Waals surface area (Å²) in [5.74, 6) is -4.72. The molecule has 15 atom stereocenters. The summed E-state index contributed by atoms with van der Waals surface area (Å²) in [6.07, 6.45) is -22.6. The van der Waals surface area contributed by atoms with Crippen LogP contribution in [0.1, 0.15) is 20.3 Å². The van der Waals surface area contributed by atoms with Crippen LogP contribution in [0.4, 0.5) is 0 Å². The second-order valence-electron chi connectivity index (χ2n) is 9.31. The van der Waals surface area contributed by atoms with E-state index in [9.17, 15) is 50.8 Å². The van der Waals surface area contributed by atoms with Gasteiger partial charge >= 0.3 is 5.97 Å². The lowest BCUT2D eigenvalue weighted by Gasteiger charge is -2.45. The molecule has 0 amide bonds. The zero-order chi connectivity index (χ0) is 27.1. The largest absolute Gasteiger partial charge is 0.477 e. The van der Waals surface area contributed by atoms with Crippen molar-refractivity contribution in [3.63, 3.8) is 0 Å². The minimum absolute atomic E-state index is 0.758. The molecule has 0 bridgehead atoms. The Balaban J connectivity index is 1.65. The highest BCUT2D eigenvalue weighted by molar-refractivity contribution is 5.75. The van der Waals surface area contributed by atoms with Gasteiger partial charge in [0.05, 0.1) is 24.9 Å². The lowest BCUT2D eigenvalue weighted by Crippen LogP contribution is -2.64. The Labute approximate surface area is 204 Å². The fourth-order valence-electron chi connectivity index (χ4n) is 4.27. The van der Waals surface area contributed by atoms with Crippen molar-refractivity contribution in [3.8, 4) is 0 Å². The Hall–Kier alpha value is -1.09. The fraction of sp³-hybridized carbons (Fsp3) is 0.950. The van der Waals surface area contributed by atoms with Gasteiger partial charge in [-0.3, -0.25) is 0 Å². The first-order chi connectivity index (χ1) is 16.7. The number of carbonyl (C=O) groups is 1. The van der Waals surface area contributed by atoms with Crippen LogP contribution in [0.15, 0.2) is 0 Å². The molecule has 3 aliphatic heterocycles. The minimum Gasteiger partial charge on any atom is -0.477 e. The third kappa shape index (κ3) is 5.82. The van der Waals surface area contributed by atoms with Crippen molar-refractivity contribution in [1.82, 2.24) is 0 Å². The molecule has 0 saturated carbocycles. The van der Waals surface area contributed by atoms with Crippen LogP contribution in [-0.4, -0.2) is 155 Å².